The van der Waals surface area contributed by atoms with Crippen molar-refractivity contribution < 1.29 is 4.79 Å². The van der Waals surface area contributed by atoms with E-state index in [2.05, 4.69) is 30.6 Å². The van der Waals surface area contributed by atoms with E-state index in [1.165, 1.54) is 0 Å². The second-order valence-electron chi connectivity index (χ2n) is 5.25. The van der Waals surface area contributed by atoms with E-state index >= 15 is 0 Å². The molecular formula is C15H19N7O. The molecule has 1 aliphatic rings. The molecule has 0 unspecified atom stereocenters. The van der Waals surface area contributed by atoms with Gasteiger partial charge in [0.15, 0.2) is 5.82 Å². The third-order valence-corrected chi connectivity index (χ3v) is 3.54. The highest BCUT2D eigenvalue weighted by Crippen LogP contribution is 2.12. The molecule has 1 fully saturated rings. The molecule has 0 aromatic carbocycles. The smallest absolute Gasteiger partial charge is 0.230 e. The van der Waals surface area contributed by atoms with Gasteiger partial charge in [0, 0.05) is 44.6 Å². The molecule has 0 saturated carbocycles. The minimum atomic E-state index is 0.266. The topological polar surface area (TPSA) is 95.9 Å². The zero-order valence-corrected chi connectivity index (χ0v) is 12.8. The summed E-state index contributed by atoms with van der Waals surface area (Å²) in [6.07, 6.45) is 9.06. The molecule has 3 heterocycles. The van der Waals surface area contributed by atoms with Crippen molar-refractivity contribution in [2.24, 2.45) is 0 Å². The highest BCUT2D eigenvalue weighted by molar-refractivity contribution is 5.78. The lowest BCUT2D eigenvalue weighted by Gasteiger charge is -2.15. The molecule has 23 heavy (non-hydrogen) atoms. The molecule has 0 aliphatic carbocycles. The Hall–Kier alpha value is -2.77. The lowest BCUT2D eigenvalue weighted by molar-refractivity contribution is -0.127. The Morgan fingerprint density at radius 2 is 2.13 bits per heavy atom. The van der Waals surface area contributed by atoms with E-state index in [-0.39, 0.29) is 5.91 Å². The van der Waals surface area contributed by atoms with Gasteiger partial charge in [0.2, 0.25) is 11.9 Å². The monoisotopic (exact) mass is 313 g/mol. The summed E-state index contributed by atoms with van der Waals surface area (Å²) in [5.74, 6) is 2.06. The van der Waals surface area contributed by atoms with Gasteiger partial charge in [-0.3, -0.25) is 9.78 Å². The van der Waals surface area contributed by atoms with Crippen molar-refractivity contribution >= 4 is 23.5 Å². The van der Waals surface area contributed by atoms with Crippen LogP contribution < -0.4 is 10.6 Å². The number of anilines is 3. The quantitative estimate of drug-likeness (QED) is 0.746. The molecule has 8 heteroatoms. The first-order chi connectivity index (χ1) is 11.3. The van der Waals surface area contributed by atoms with Crippen molar-refractivity contribution in [3.8, 4) is 0 Å². The maximum atomic E-state index is 11.5. The van der Waals surface area contributed by atoms with Crippen LogP contribution in [0.25, 0.3) is 0 Å². The number of carbonyl (C=O) groups is 1. The molecular weight excluding hydrogens is 294 g/mol. The molecule has 120 valence electrons. The molecule has 2 aromatic heterocycles. The van der Waals surface area contributed by atoms with E-state index in [1.54, 1.807) is 24.8 Å². The standard InChI is InChI=1S/C15H19N7O/c23-14-3-1-9-22(14)10-2-5-17-12-4-6-19-15(20-12)21-13-11-16-7-8-18-13/h4,6-8,11H,1-3,5,9-10H2,(H2,17,18,19,20,21). The van der Waals surface area contributed by atoms with Crippen LogP contribution in [-0.4, -0.2) is 50.4 Å². The van der Waals surface area contributed by atoms with Crippen LogP contribution in [0.3, 0.4) is 0 Å². The van der Waals surface area contributed by atoms with Crippen LogP contribution in [0.15, 0.2) is 30.9 Å². The maximum absolute atomic E-state index is 11.5. The summed E-state index contributed by atoms with van der Waals surface area (Å²) in [5.41, 5.74) is 0. The first-order valence-electron chi connectivity index (χ1n) is 7.69. The first kappa shape index (κ1) is 15.1. The van der Waals surface area contributed by atoms with Crippen molar-refractivity contribution in [1.29, 1.82) is 0 Å². The van der Waals surface area contributed by atoms with Gasteiger partial charge in [-0.25, -0.2) is 9.97 Å². The van der Waals surface area contributed by atoms with Crippen LogP contribution in [0, 0.1) is 0 Å². The van der Waals surface area contributed by atoms with Gasteiger partial charge in [-0.1, -0.05) is 0 Å². The number of nitrogens with one attached hydrogen (secondary N) is 2. The molecule has 2 aromatic rings. The molecule has 8 nitrogen and oxygen atoms in total. The number of nitrogens with zero attached hydrogens (tertiary/aromatic N) is 5. The number of amides is 1. The van der Waals surface area contributed by atoms with E-state index in [4.69, 9.17) is 0 Å². The van der Waals surface area contributed by atoms with Gasteiger partial charge in [-0.15, -0.1) is 0 Å². The minimum Gasteiger partial charge on any atom is -0.370 e. The second-order valence-corrected chi connectivity index (χ2v) is 5.25. The van der Waals surface area contributed by atoms with Crippen molar-refractivity contribution in [1.82, 2.24) is 24.8 Å². The normalized spacial score (nSPS) is 14.1. The Bertz CT molecular complexity index is 649. The fraction of sp³-hybridized carbons (Fsp3) is 0.400. The molecule has 0 spiro atoms. The molecule has 2 N–H and O–H groups in total. The molecule has 3 rings (SSSR count). The minimum absolute atomic E-state index is 0.266. The molecule has 1 saturated heterocycles. The zero-order chi connectivity index (χ0) is 15.9. The summed E-state index contributed by atoms with van der Waals surface area (Å²) in [6, 6.07) is 1.81. The molecule has 0 bridgehead atoms. The Kier molecular flexibility index (Phi) is 4.92. The summed E-state index contributed by atoms with van der Waals surface area (Å²) in [4.78, 5) is 30.1. The highest BCUT2D eigenvalue weighted by Gasteiger charge is 2.18. The fourth-order valence-electron chi connectivity index (χ4n) is 2.42. The van der Waals surface area contributed by atoms with E-state index in [1.807, 2.05) is 11.0 Å². The average Bonchev–Trinajstić information content (AvgIpc) is 2.98. The molecule has 1 amide bonds. The second kappa shape index (κ2) is 7.48. The van der Waals surface area contributed by atoms with Gasteiger partial charge in [-0.05, 0) is 18.9 Å². The third-order valence-electron chi connectivity index (χ3n) is 3.54. The van der Waals surface area contributed by atoms with Crippen LogP contribution >= 0.6 is 0 Å². The number of rotatable bonds is 7. The maximum Gasteiger partial charge on any atom is 0.230 e. The third kappa shape index (κ3) is 4.35. The van der Waals surface area contributed by atoms with E-state index in [0.29, 0.717) is 18.2 Å². The van der Waals surface area contributed by atoms with Gasteiger partial charge in [0.1, 0.15) is 5.82 Å². The zero-order valence-electron chi connectivity index (χ0n) is 12.8. The van der Waals surface area contributed by atoms with E-state index in [9.17, 15) is 4.79 Å². The summed E-state index contributed by atoms with van der Waals surface area (Å²) in [7, 11) is 0. The molecule has 0 atom stereocenters. The predicted octanol–water partition coefficient (Wildman–Crippen LogP) is 1.43. The number of likely N-dealkylation sites (tertiary alicyclic amines) is 1. The van der Waals surface area contributed by atoms with Crippen molar-refractivity contribution in [3.63, 3.8) is 0 Å². The van der Waals surface area contributed by atoms with E-state index < -0.39 is 0 Å². The largest absolute Gasteiger partial charge is 0.370 e. The number of hydrogen-bond acceptors (Lipinski definition) is 7. The summed E-state index contributed by atoms with van der Waals surface area (Å²) >= 11 is 0. The van der Waals surface area contributed by atoms with Gasteiger partial charge in [0.25, 0.3) is 0 Å². The van der Waals surface area contributed by atoms with Crippen LogP contribution in [-0.2, 0) is 4.79 Å². The summed E-state index contributed by atoms with van der Waals surface area (Å²) in [6.45, 7) is 2.44. The number of hydrogen-bond donors (Lipinski definition) is 2. The van der Waals surface area contributed by atoms with Crippen LogP contribution in [0.4, 0.5) is 17.6 Å². The van der Waals surface area contributed by atoms with Gasteiger partial charge >= 0.3 is 0 Å². The Balaban J connectivity index is 1.47. The van der Waals surface area contributed by atoms with Crippen LogP contribution in [0.5, 0.6) is 0 Å². The fourth-order valence-corrected chi connectivity index (χ4v) is 2.42. The summed E-state index contributed by atoms with van der Waals surface area (Å²) in [5, 5.41) is 6.24. The number of carbonyl (C=O) groups excluding carboxylic acids is 1. The lowest BCUT2D eigenvalue weighted by Crippen LogP contribution is -2.27. The van der Waals surface area contributed by atoms with Crippen molar-refractivity contribution in [2.75, 3.05) is 30.3 Å². The predicted molar refractivity (Wildman–Crippen MR) is 86.3 cm³/mol. The van der Waals surface area contributed by atoms with Crippen molar-refractivity contribution in [3.05, 3.63) is 30.9 Å². The van der Waals surface area contributed by atoms with Gasteiger partial charge in [-0.2, -0.15) is 4.98 Å². The Labute approximate surface area is 134 Å². The van der Waals surface area contributed by atoms with Crippen molar-refractivity contribution in [2.45, 2.75) is 19.3 Å². The highest BCUT2D eigenvalue weighted by atomic mass is 16.2. The first-order valence-corrected chi connectivity index (χ1v) is 7.69. The SMILES string of the molecule is O=C1CCCN1CCCNc1ccnc(Nc2cnccn2)n1. The molecule has 0 radical (unpaired) electrons. The molecule has 1 aliphatic heterocycles. The Morgan fingerprint density at radius 3 is 2.91 bits per heavy atom. The van der Waals surface area contributed by atoms with E-state index in [0.717, 1.165) is 38.3 Å². The Morgan fingerprint density at radius 1 is 1.17 bits per heavy atom. The van der Waals surface area contributed by atoms with Gasteiger partial charge < -0.3 is 15.5 Å². The summed E-state index contributed by atoms with van der Waals surface area (Å²) < 4.78 is 0. The lowest BCUT2D eigenvalue weighted by atomic mass is 10.4. The van der Waals surface area contributed by atoms with Gasteiger partial charge in [0.05, 0.1) is 6.20 Å². The number of aromatic nitrogens is 4. The average molecular weight is 313 g/mol. The van der Waals surface area contributed by atoms with Crippen LogP contribution in [0.1, 0.15) is 19.3 Å². The van der Waals surface area contributed by atoms with Crippen LogP contribution in [0.2, 0.25) is 0 Å².